The van der Waals surface area contributed by atoms with Gasteiger partial charge in [-0.2, -0.15) is 4.98 Å². The van der Waals surface area contributed by atoms with Gasteiger partial charge in [0.15, 0.2) is 11.2 Å². The maximum atomic E-state index is 11.6. The lowest BCUT2D eigenvalue weighted by Crippen LogP contribution is -2.13. The molecular weight excluding hydrogens is 274 g/mol. The fraction of sp³-hybridized carbons (Fsp3) is 0.615. The summed E-state index contributed by atoms with van der Waals surface area (Å²) in [5, 5.41) is 0. The van der Waals surface area contributed by atoms with E-state index in [0.29, 0.717) is 18.9 Å². The second-order valence-corrected chi connectivity index (χ2v) is 4.69. The third kappa shape index (κ3) is 4.27. The number of nitrogen functional groups attached to an aromatic ring is 1. The van der Waals surface area contributed by atoms with Crippen LogP contribution >= 0.6 is 0 Å². The van der Waals surface area contributed by atoms with E-state index in [4.69, 9.17) is 15.2 Å². The number of imidazole rings is 1. The number of H-pyrrole nitrogens is 1. The van der Waals surface area contributed by atoms with Gasteiger partial charge in [-0.15, -0.1) is 0 Å². The van der Waals surface area contributed by atoms with Gasteiger partial charge >= 0.3 is 0 Å². The van der Waals surface area contributed by atoms with Crippen LogP contribution in [-0.2, 0) is 16.2 Å². The van der Waals surface area contributed by atoms with Crippen LogP contribution in [0, 0.1) is 0 Å². The molecule has 116 valence electrons. The number of unbranched alkanes of at least 4 members (excludes halogenated alkanes) is 2. The Kier molecular flexibility index (Phi) is 5.70. The molecule has 2 aromatic heterocycles. The van der Waals surface area contributed by atoms with Crippen molar-refractivity contribution < 1.29 is 9.47 Å². The van der Waals surface area contributed by atoms with Crippen LogP contribution in [0.2, 0.25) is 0 Å². The highest BCUT2D eigenvalue weighted by atomic mass is 16.5. The average molecular weight is 295 g/mol. The Morgan fingerprint density at radius 2 is 2.10 bits per heavy atom. The number of nitrogens with two attached hydrogens (primary N) is 1. The Balaban J connectivity index is 1.78. The van der Waals surface area contributed by atoms with Gasteiger partial charge < -0.3 is 15.2 Å². The highest BCUT2D eigenvalue weighted by Gasteiger charge is 2.08. The van der Waals surface area contributed by atoms with Gasteiger partial charge in [0.25, 0.3) is 5.56 Å². The minimum absolute atomic E-state index is 0.0634. The summed E-state index contributed by atoms with van der Waals surface area (Å²) >= 11 is 0. The van der Waals surface area contributed by atoms with E-state index in [9.17, 15) is 4.79 Å². The van der Waals surface area contributed by atoms with Gasteiger partial charge in [0.2, 0.25) is 5.95 Å². The molecular formula is C13H21N5O3. The Labute approximate surface area is 122 Å². The van der Waals surface area contributed by atoms with Crippen molar-refractivity contribution in [2.75, 3.05) is 25.6 Å². The maximum absolute atomic E-state index is 11.6. The normalized spacial score (nSPS) is 11.3. The van der Waals surface area contributed by atoms with Crippen LogP contribution in [-0.4, -0.2) is 39.3 Å². The average Bonchev–Trinajstić information content (AvgIpc) is 2.85. The first-order valence-corrected chi connectivity index (χ1v) is 7.08. The summed E-state index contributed by atoms with van der Waals surface area (Å²) in [6, 6.07) is 0. The monoisotopic (exact) mass is 295 g/mol. The maximum Gasteiger partial charge on any atom is 0.280 e. The lowest BCUT2D eigenvalue weighted by atomic mass is 10.3. The molecule has 0 saturated carbocycles. The minimum Gasteiger partial charge on any atom is -0.379 e. The number of anilines is 1. The van der Waals surface area contributed by atoms with E-state index in [1.165, 1.54) is 19.2 Å². The summed E-state index contributed by atoms with van der Waals surface area (Å²) in [4.78, 5) is 22.1. The van der Waals surface area contributed by atoms with Crippen molar-refractivity contribution in [1.82, 2.24) is 19.5 Å². The van der Waals surface area contributed by atoms with Gasteiger partial charge in [0.05, 0.1) is 19.5 Å². The molecule has 21 heavy (non-hydrogen) atoms. The fourth-order valence-electron chi connectivity index (χ4n) is 1.90. The summed E-state index contributed by atoms with van der Waals surface area (Å²) in [7, 11) is 0. The largest absolute Gasteiger partial charge is 0.379 e. The van der Waals surface area contributed by atoms with Crippen LogP contribution < -0.4 is 11.3 Å². The molecule has 0 spiro atoms. The number of nitrogens with one attached hydrogen (secondary N) is 1. The number of fused-ring (bicyclic) bond motifs is 1. The molecule has 3 N–H and O–H groups in total. The van der Waals surface area contributed by atoms with E-state index in [0.717, 1.165) is 13.0 Å². The molecule has 0 aliphatic carbocycles. The zero-order chi connectivity index (χ0) is 15.1. The SMILES string of the molecule is CCCCCOCCOCn1cnc2c(=O)[nH]c(N)nc21. The predicted octanol–water partition coefficient (Wildman–Crippen LogP) is 0.883. The highest BCUT2D eigenvalue weighted by Crippen LogP contribution is 2.06. The molecule has 0 aliphatic heterocycles. The lowest BCUT2D eigenvalue weighted by molar-refractivity contribution is 0.0191. The van der Waals surface area contributed by atoms with E-state index in [2.05, 4.69) is 21.9 Å². The van der Waals surface area contributed by atoms with Crippen LogP contribution in [0.25, 0.3) is 11.2 Å². The van der Waals surface area contributed by atoms with Crippen molar-refractivity contribution in [2.45, 2.75) is 32.9 Å². The molecule has 2 rings (SSSR count). The molecule has 0 radical (unpaired) electrons. The highest BCUT2D eigenvalue weighted by molar-refractivity contribution is 5.70. The van der Waals surface area contributed by atoms with Gasteiger partial charge in [-0.3, -0.25) is 14.3 Å². The molecule has 0 aromatic carbocycles. The molecule has 0 aliphatic rings. The van der Waals surface area contributed by atoms with Gasteiger partial charge in [0, 0.05) is 6.61 Å². The summed E-state index contributed by atoms with van der Waals surface area (Å²) in [5.41, 5.74) is 5.84. The van der Waals surface area contributed by atoms with Crippen LogP contribution in [0.3, 0.4) is 0 Å². The second-order valence-electron chi connectivity index (χ2n) is 4.69. The van der Waals surface area contributed by atoms with Gasteiger partial charge in [-0.05, 0) is 6.42 Å². The Morgan fingerprint density at radius 1 is 1.29 bits per heavy atom. The molecule has 0 fully saturated rings. The first-order valence-electron chi connectivity index (χ1n) is 7.08. The molecule has 8 nitrogen and oxygen atoms in total. The zero-order valence-corrected chi connectivity index (χ0v) is 12.2. The van der Waals surface area contributed by atoms with Crippen molar-refractivity contribution in [2.24, 2.45) is 0 Å². The van der Waals surface area contributed by atoms with E-state index in [1.807, 2.05) is 0 Å². The standard InChI is InChI=1S/C13H21N5O3/c1-2-3-4-5-20-6-7-21-9-18-8-15-10-11(18)16-13(14)17-12(10)19/h8H,2-7,9H2,1H3,(H3,14,16,17,19). The van der Waals surface area contributed by atoms with Crippen molar-refractivity contribution >= 4 is 17.1 Å². The van der Waals surface area contributed by atoms with Crippen molar-refractivity contribution in [1.29, 1.82) is 0 Å². The molecule has 0 saturated heterocycles. The number of aromatic nitrogens is 4. The van der Waals surface area contributed by atoms with Crippen molar-refractivity contribution in [3.8, 4) is 0 Å². The molecule has 2 aromatic rings. The topological polar surface area (TPSA) is 108 Å². The van der Waals surface area contributed by atoms with Crippen LogP contribution in [0.1, 0.15) is 26.2 Å². The summed E-state index contributed by atoms with van der Waals surface area (Å²) < 4.78 is 12.6. The van der Waals surface area contributed by atoms with E-state index in [1.54, 1.807) is 4.57 Å². The molecule has 8 heteroatoms. The van der Waals surface area contributed by atoms with Crippen molar-refractivity contribution in [3.63, 3.8) is 0 Å². The van der Waals surface area contributed by atoms with Crippen molar-refractivity contribution in [3.05, 3.63) is 16.7 Å². The lowest BCUT2D eigenvalue weighted by Gasteiger charge is -2.06. The van der Waals surface area contributed by atoms with Gasteiger partial charge in [0.1, 0.15) is 6.73 Å². The molecule has 0 bridgehead atoms. The van der Waals surface area contributed by atoms with E-state index >= 15 is 0 Å². The Hall–Kier alpha value is -1.93. The first kappa shape index (κ1) is 15.5. The second kappa shape index (κ2) is 7.75. The third-order valence-corrected chi connectivity index (χ3v) is 2.99. The molecule has 0 amide bonds. The Bertz CT molecular complexity index is 622. The first-order chi connectivity index (χ1) is 10.2. The number of nitrogens with zero attached hydrogens (tertiary/aromatic N) is 3. The smallest absolute Gasteiger partial charge is 0.280 e. The predicted molar refractivity (Wildman–Crippen MR) is 78.9 cm³/mol. The molecule has 0 unspecified atom stereocenters. The molecule has 2 heterocycles. The summed E-state index contributed by atoms with van der Waals surface area (Å²) in [6.45, 7) is 4.20. The zero-order valence-electron chi connectivity index (χ0n) is 12.2. The number of hydrogen-bond acceptors (Lipinski definition) is 6. The molecule has 0 atom stereocenters. The van der Waals surface area contributed by atoms with Gasteiger partial charge in [-0.25, -0.2) is 4.98 Å². The Morgan fingerprint density at radius 3 is 2.90 bits per heavy atom. The number of ether oxygens (including phenoxy) is 2. The minimum atomic E-state index is -0.351. The number of rotatable bonds is 9. The summed E-state index contributed by atoms with van der Waals surface area (Å²) in [5.74, 6) is 0.0634. The number of aromatic amines is 1. The van der Waals surface area contributed by atoms with E-state index in [-0.39, 0.29) is 23.8 Å². The van der Waals surface area contributed by atoms with Crippen LogP contribution in [0.4, 0.5) is 5.95 Å². The summed E-state index contributed by atoms with van der Waals surface area (Å²) in [6.07, 6.45) is 4.95. The van der Waals surface area contributed by atoms with E-state index < -0.39 is 0 Å². The number of hydrogen-bond donors (Lipinski definition) is 2. The fourth-order valence-corrected chi connectivity index (χ4v) is 1.90. The van der Waals surface area contributed by atoms with Crippen LogP contribution in [0.15, 0.2) is 11.1 Å². The van der Waals surface area contributed by atoms with Gasteiger partial charge in [-0.1, -0.05) is 19.8 Å². The third-order valence-electron chi connectivity index (χ3n) is 2.99. The van der Waals surface area contributed by atoms with Crippen LogP contribution in [0.5, 0.6) is 0 Å². The quantitative estimate of drug-likeness (QED) is 0.665.